The summed E-state index contributed by atoms with van der Waals surface area (Å²) in [7, 11) is 1.76. The van der Waals surface area contributed by atoms with Crippen molar-refractivity contribution in [3.8, 4) is 0 Å². The fourth-order valence-electron chi connectivity index (χ4n) is 4.66. The molecule has 31 heavy (non-hydrogen) atoms. The van der Waals surface area contributed by atoms with Gasteiger partial charge >= 0.3 is 0 Å². The Labute approximate surface area is 183 Å². The van der Waals surface area contributed by atoms with E-state index in [1.54, 1.807) is 7.11 Å². The quantitative estimate of drug-likeness (QED) is 0.730. The first-order chi connectivity index (χ1) is 15.2. The predicted octanol–water partition coefficient (Wildman–Crippen LogP) is 2.84. The Morgan fingerprint density at radius 1 is 1.00 bits per heavy atom. The number of para-hydroxylation sites is 1. The van der Waals surface area contributed by atoms with Gasteiger partial charge in [0.15, 0.2) is 0 Å². The van der Waals surface area contributed by atoms with Crippen molar-refractivity contribution in [1.29, 1.82) is 0 Å². The third kappa shape index (κ3) is 4.11. The molecule has 3 aliphatic heterocycles. The number of hydrogen-bond donors (Lipinski definition) is 1. The highest BCUT2D eigenvalue weighted by Gasteiger charge is 2.32. The molecule has 6 nitrogen and oxygen atoms in total. The van der Waals surface area contributed by atoms with Gasteiger partial charge in [0, 0.05) is 68.8 Å². The van der Waals surface area contributed by atoms with Gasteiger partial charge in [0.25, 0.3) is 5.91 Å². The van der Waals surface area contributed by atoms with Crippen molar-refractivity contribution in [2.45, 2.75) is 13.0 Å². The van der Waals surface area contributed by atoms with E-state index in [0.29, 0.717) is 17.9 Å². The molecule has 0 saturated carbocycles. The van der Waals surface area contributed by atoms with Gasteiger partial charge in [0.1, 0.15) is 12.4 Å². The zero-order valence-electron chi connectivity index (χ0n) is 18.0. The molecule has 6 heteroatoms. The summed E-state index contributed by atoms with van der Waals surface area (Å²) in [5.41, 5.74) is 5.95. The fraction of sp³-hybridized carbons (Fsp3) is 0.400. The van der Waals surface area contributed by atoms with Crippen LogP contribution in [0, 0.1) is 0 Å². The first kappa shape index (κ1) is 20.2. The molecule has 162 valence electrons. The van der Waals surface area contributed by atoms with Gasteiger partial charge in [0.2, 0.25) is 0 Å². The maximum atomic E-state index is 12.6. The number of benzene rings is 2. The number of ether oxygens (including phenoxy) is 2. The number of nitrogens with zero attached hydrogens (tertiary/aromatic N) is 2. The highest BCUT2D eigenvalue weighted by Crippen LogP contribution is 2.41. The summed E-state index contributed by atoms with van der Waals surface area (Å²) >= 11 is 0. The lowest BCUT2D eigenvalue weighted by atomic mass is 9.98. The Bertz CT molecular complexity index is 1010. The largest absolute Gasteiger partial charge is 0.487 e. The average Bonchev–Trinajstić information content (AvgIpc) is 3.36. The Balaban J connectivity index is 1.25. The molecule has 0 unspecified atom stereocenters. The third-order valence-electron chi connectivity index (χ3n) is 6.48. The number of anilines is 1. The topological polar surface area (TPSA) is 54.0 Å². The number of hydrogen-bond acceptors (Lipinski definition) is 5. The second-order valence-corrected chi connectivity index (χ2v) is 8.41. The summed E-state index contributed by atoms with van der Waals surface area (Å²) in [5.74, 6) is 0.619. The number of rotatable bonds is 6. The van der Waals surface area contributed by atoms with Gasteiger partial charge < -0.3 is 19.7 Å². The van der Waals surface area contributed by atoms with Gasteiger partial charge in [-0.2, -0.15) is 0 Å². The average molecular weight is 420 g/mol. The van der Waals surface area contributed by atoms with Crippen LogP contribution in [0.5, 0.6) is 0 Å². The second kappa shape index (κ2) is 8.83. The van der Waals surface area contributed by atoms with Crippen molar-refractivity contribution in [3.05, 3.63) is 64.7 Å². The first-order valence-corrected chi connectivity index (χ1v) is 11.1. The van der Waals surface area contributed by atoms with E-state index in [1.807, 2.05) is 24.3 Å². The van der Waals surface area contributed by atoms with Crippen LogP contribution in [-0.2, 0) is 27.3 Å². The number of fused-ring (bicyclic) bond motifs is 2. The number of nitrogens with one attached hydrogen (secondary N) is 1. The molecular formula is C25H29N3O3. The van der Waals surface area contributed by atoms with Crippen LogP contribution in [0.4, 0.5) is 5.69 Å². The smallest absolute Gasteiger partial charge is 0.260 e. The van der Waals surface area contributed by atoms with Crippen LogP contribution < -0.4 is 5.32 Å². The van der Waals surface area contributed by atoms with E-state index < -0.39 is 0 Å². The van der Waals surface area contributed by atoms with E-state index in [1.165, 1.54) is 11.1 Å². The van der Waals surface area contributed by atoms with Crippen molar-refractivity contribution < 1.29 is 14.3 Å². The highest BCUT2D eigenvalue weighted by atomic mass is 16.5. The number of carbonyl (C=O) groups excluding carboxylic acids is 1. The summed E-state index contributed by atoms with van der Waals surface area (Å²) in [5, 5.41) is 2.94. The summed E-state index contributed by atoms with van der Waals surface area (Å²) in [4.78, 5) is 17.6. The minimum Gasteiger partial charge on any atom is -0.487 e. The van der Waals surface area contributed by atoms with Crippen molar-refractivity contribution >= 4 is 22.9 Å². The Morgan fingerprint density at radius 3 is 2.58 bits per heavy atom. The first-order valence-electron chi connectivity index (χ1n) is 11.1. The van der Waals surface area contributed by atoms with Crippen molar-refractivity contribution in [2.75, 3.05) is 58.3 Å². The lowest BCUT2D eigenvalue weighted by Gasteiger charge is -2.34. The predicted molar refractivity (Wildman–Crippen MR) is 122 cm³/mol. The molecule has 3 heterocycles. The molecule has 0 radical (unpaired) electrons. The van der Waals surface area contributed by atoms with Crippen LogP contribution in [0.3, 0.4) is 0 Å². The number of piperazine rings is 1. The molecule has 1 N–H and O–H groups in total. The Hall–Kier alpha value is -2.67. The van der Waals surface area contributed by atoms with Crippen LogP contribution in [-0.4, -0.2) is 68.7 Å². The van der Waals surface area contributed by atoms with Crippen LogP contribution >= 0.6 is 0 Å². The molecule has 1 saturated heterocycles. The van der Waals surface area contributed by atoms with E-state index in [2.05, 4.69) is 33.3 Å². The Morgan fingerprint density at radius 2 is 1.77 bits per heavy atom. The van der Waals surface area contributed by atoms with Crippen molar-refractivity contribution in [1.82, 2.24) is 9.80 Å². The van der Waals surface area contributed by atoms with E-state index >= 15 is 0 Å². The van der Waals surface area contributed by atoms with Gasteiger partial charge in [-0.25, -0.2) is 0 Å². The van der Waals surface area contributed by atoms with Crippen LogP contribution in [0.25, 0.3) is 11.3 Å². The molecule has 3 aliphatic rings. The molecule has 0 bridgehead atoms. The molecule has 0 spiro atoms. The van der Waals surface area contributed by atoms with Crippen LogP contribution in [0.15, 0.2) is 42.5 Å². The number of carbonyl (C=O) groups is 1. The van der Waals surface area contributed by atoms with E-state index in [-0.39, 0.29) is 5.91 Å². The monoisotopic (exact) mass is 419 g/mol. The highest BCUT2D eigenvalue weighted by molar-refractivity contribution is 6.36. The van der Waals surface area contributed by atoms with Gasteiger partial charge in [0.05, 0.1) is 12.2 Å². The van der Waals surface area contributed by atoms with Crippen LogP contribution in [0.1, 0.15) is 22.3 Å². The molecule has 0 atom stereocenters. The van der Waals surface area contributed by atoms with Crippen molar-refractivity contribution in [3.63, 3.8) is 0 Å². The number of methoxy groups -OCH3 is 1. The molecule has 5 rings (SSSR count). The summed E-state index contributed by atoms with van der Waals surface area (Å²) in [6, 6.07) is 14.3. The molecular weight excluding hydrogens is 390 g/mol. The molecule has 2 aromatic carbocycles. The minimum atomic E-state index is -0.0854. The van der Waals surface area contributed by atoms with Gasteiger partial charge in [-0.3, -0.25) is 9.69 Å². The minimum absolute atomic E-state index is 0.0854. The maximum absolute atomic E-state index is 12.6. The van der Waals surface area contributed by atoms with E-state index in [0.717, 1.165) is 69.1 Å². The van der Waals surface area contributed by atoms with Gasteiger partial charge in [-0.15, -0.1) is 0 Å². The van der Waals surface area contributed by atoms with E-state index in [9.17, 15) is 4.79 Å². The summed E-state index contributed by atoms with van der Waals surface area (Å²) < 4.78 is 11.2. The van der Waals surface area contributed by atoms with Crippen LogP contribution in [0.2, 0.25) is 0 Å². The molecule has 1 amide bonds. The fourth-order valence-corrected chi connectivity index (χ4v) is 4.66. The zero-order valence-corrected chi connectivity index (χ0v) is 18.0. The van der Waals surface area contributed by atoms with Gasteiger partial charge in [-0.05, 0) is 18.1 Å². The summed E-state index contributed by atoms with van der Waals surface area (Å²) in [6.45, 7) is 7.88. The molecule has 2 aromatic rings. The molecule has 0 aliphatic carbocycles. The second-order valence-electron chi connectivity index (χ2n) is 8.41. The lowest BCUT2D eigenvalue weighted by molar-refractivity contribution is -0.110. The van der Waals surface area contributed by atoms with Gasteiger partial charge in [-0.1, -0.05) is 36.4 Å². The lowest BCUT2D eigenvalue weighted by Crippen LogP contribution is -2.47. The Kier molecular flexibility index (Phi) is 5.76. The zero-order chi connectivity index (χ0) is 21.2. The third-order valence-corrected chi connectivity index (χ3v) is 6.48. The summed E-state index contributed by atoms with van der Waals surface area (Å²) in [6.07, 6.45) is 1.03. The maximum Gasteiger partial charge on any atom is 0.260 e. The van der Waals surface area contributed by atoms with E-state index in [4.69, 9.17) is 9.47 Å². The SMILES string of the molecule is COCCN1CCN(CCc2ccc3c(c2)CO/C3=C2/C(=O)Nc3ccccc32)CC1. The number of amides is 1. The molecule has 0 aromatic heterocycles. The van der Waals surface area contributed by atoms with Crippen molar-refractivity contribution in [2.24, 2.45) is 0 Å². The standard InChI is InChI=1S/C25H29N3O3/c1-30-15-14-28-12-10-27(11-13-28)9-8-18-6-7-20-19(16-18)17-31-24(20)23-21-4-2-3-5-22(21)26-25(23)29/h2-7,16H,8-15,17H2,1H3,(H,26,29)/b24-23+. The molecule has 1 fully saturated rings. The normalized spacial score (nSPS) is 21.0.